The molecule has 0 N–H and O–H groups in total. The van der Waals surface area contributed by atoms with Crippen LogP contribution < -0.4 is 4.90 Å². The number of hydrogen-bond donors (Lipinski definition) is 0. The van der Waals surface area contributed by atoms with Gasteiger partial charge in [0.05, 0.1) is 32.4 Å². The lowest BCUT2D eigenvalue weighted by molar-refractivity contribution is 0.0476. The fraction of sp³-hybridized carbons (Fsp3) is 0.0370. The van der Waals surface area contributed by atoms with E-state index in [0.29, 0.717) is 5.56 Å². The van der Waals surface area contributed by atoms with Crippen molar-refractivity contribution in [3.05, 3.63) is 111 Å². The van der Waals surface area contributed by atoms with Gasteiger partial charge in [-0.05, 0) is 35.0 Å². The smallest absolute Gasteiger partial charge is 0.340 e. The van der Waals surface area contributed by atoms with Crippen LogP contribution in [0.2, 0.25) is 10.0 Å². The van der Waals surface area contributed by atoms with E-state index in [1.807, 2.05) is 30.3 Å². The molecular weight excluding hydrogens is 489 g/mol. The number of halogens is 2. The summed E-state index contributed by atoms with van der Waals surface area (Å²) in [5.41, 5.74) is 0.592. The Kier molecular flexibility index (Phi) is 5.84. The van der Waals surface area contributed by atoms with Crippen LogP contribution in [-0.2, 0) is 4.74 Å². The number of hydrogen-bond acceptors (Lipinski definition) is 5. The number of para-hydroxylation sites is 1. The molecule has 0 bridgehead atoms. The van der Waals surface area contributed by atoms with Crippen molar-refractivity contribution in [2.75, 3.05) is 11.5 Å². The Morgan fingerprint density at radius 3 is 2.03 bits per heavy atom. The van der Waals surface area contributed by atoms with E-state index in [-0.39, 0.29) is 38.2 Å². The zero-order valence-electron chi connectivity index (χ0n) is 18.0. The largest absolute Gasteiger partial charge is 0.454 e. The first kappa shape index (κ1) is 22.8. The van der Waals surface area contributed by atoms with E-state index in [4.69, 9.17) is 27.9 Å². The number of fused-ring (bicyclic) bond motifs is 2. The second kappa shape index (κ2) is 8.98. The molecule has 6 nitrogen and oxygen atoms in total. The highest BCUT2D eigenvalue weighted by Crippen LogP contribution is 2.35. The standard InChI is InChI=1S/C27H15Cl2NO5/c28-21-12-19-20(13-22(21)29)26(33)30(25(19)32)23-11-4-3-9-18(23)27(34)35-14-24(31)17-10-5-7-15-6-1-2-8-16(15)17/h1-13H,14H2. The van der Waals surface area contributed by atoms with Crippen LogP contribution in [0, 0.1) is 0 Å². The first-order valence-corrected chi connectivity index (χ1v) is 11.3. The number of nitrogens with zero attached hydrogens (tertiary/aromatic N) is 1. The van der Waals surface area contributed by atoms with Gasteiger partial charge in [0.2, 0.25) is 5.78 Å². The van der Waals surface area contributed by atoms with Crippen LogP contribution in [0.15, 0.2) is 78.9 Å². The van der Waals surface area contributed by atoms with Gasteiger partial charge < -0.3 is 4.74 Å². The van der Waals surface area contributed by atoms with Gasteiger partial charge >= 0.3 is 5.97 Å². The monoisotopic (exact) mass is 503 g/mol. The molecule has 0 fully saturated rings. The Hall–Kier alpha value is -4.00. The van der Waals surface area contributed by atoms with E-state index in [0.717, 1.165) is 15.7 Å². The van der Waals surface area contributed by atoms with E-state index < -0.39 is 24.4 Å². The number of rotatable bonds is 5. The van der Waals surface area contributed by atoms with Gasteiger partial charge in [-0.15, -0.1) is 0 Å². The number of benzene rings is 4. The number of carbonyl (C=O) groups excluding carboxylic acids is 4. The lowest BCUT2D eigenvalue weighted by Crippen LogP contribution is -2.31. The summed E-state index contributed by atoms with van der Waals surface area (Å²) >= 11 is 12.0. The maximum atomic E-state index is 13.0. The molecule has 172 valence electrons. The van der Waals surface area contributed by atoms with Crippen LogP contribution in [0.5, 0.6) is 0 Å². The molecule has 0 atom stereocenters. The van der Waals surface area contributed by atoms with E-state index >= 15 is 0 Å². The SMILES string of the molecule is O=C(OCC(=O)c1cccc2ccccc12)c1ccccc1N1C(=O)c2cc(Cl)c(Cl)cc2C1=O. The topological polar surface area (TPSA) is 80.8 Å². The van der Waals surface area contributed by atoms with E-state index in [2.05, 4.69) is 0 Å². The van der Waals surface area contributed by atoms with Crippen molar-refractivity contribution in [2.45, 2.75) is 0 Å². The van der Waals surface area contributed by atoms with Crippen LogP contribution >= 0.6 is 23.2 Å². The highest BCUT2D eigenvalue weighted by atomic mass is 35.5. The molecule has 0 aliphatic carbocycles. The van der Waals surface area contributed by atoms with Crippen LogP contribution in [0.25, 0.3) is 10.8 Å². The minimum absolute atomic E-state index is 0.0357. The van der Waals surface area contributed by atoms with Crippen LogP contribution in [-0.4, -0.2) is 30.2 Å². The Labute approximate surface area is 209 Å². The molecule has 0 radical (unpaired) electrons. The molecule has 0 aromatic heterocycles. The summed E-state index contributed by atoms with van der Waals surface area (Å²) in [4.78, 5) is 52.7. The molecule has 4 aromatic rings. The number of amides is 2. The molecule has 4 aromatic carbocycles. The van der Waals surface area contributed by atoms with E-state index in [9.17, 15) is 19.2 Å². The van der Waals surface area contributed by atoms with Crippen molar-refractivity contribution in [3.63, 3.8) is 0 Å². The molecule has 0 spiro atoms. The molecule has 5 rings (SSSR count). The second-order valence-electron chi connectivity index (χ2n) is 7.80. The lowest BCUT2D eigenvalue weighted by Gasteiger charge is -2.17. The maximum Gasteiger partial charge on any atom is 0.340 e. The van der Waals surface area contributed by atoms with Gasteiger partial charge in [0.1, 0.15) is 0 Å². The molecule has 1 heterocycles. The van der Waals surface area contributed by atoms with Gasteiger partial charge in [-0.3, -0.25) is 14.4 Å². The number of esters is 1. The van der Waals surface area contributed by atoms with Crippen molar-refractivity contribution >= 4 is 63.2 Å². The van der Waals surface area contributed by atoms with Crippen molar-refractivity contribution in [1.29, 1.82) is 0 Å². The molecular formula is C27H15Cl2NO5. The molecule has 8 heteroatoms. The molecule has 0 unspecified atom stereocenters. The van der Waals surface area contributed by atoms with Gasteiger partial charge in [-0.2, -0.15) is 0 Å². The summed E-state index contributed by atoms with van der Waals surface area (Å²) in [6.07, 6.45) is 0. The summed E-state index contributed by atoms with van der Waals surface area (Å²) in [6, 6.07) is 21.4. The van der Waals surface area contributed by atoms with Gasteiger partial charge in [-0.1, -0.05) is 77.8 Å². The summed E-state index contributed by atoms with van der Waals surface area (Å²) < 4.78 is 5.30. The van der Waals surface area contributed by atoms with Crippen LogP contribution in [0.1, 0.15) is 41.4 Å². The summed E-state index contributed by atoms with van der Waals surface area (Å²) in [5.74, 6) is -2.51. The first-order valence-electron chi connectivity index (χ1n) is 10.5. The molecule has 0 saturated carbocycles. The summed E-state index contributed by atoms with van der Waals surface area (Å²) in [5, 5.41) is 1.90. The fourth-order valence-electron chi connectivity index (χ4n) is 4.05. The molecule has 1 aliphatic heterocycles. The third-order valence-corrected chi connectivity index (χ3v) is 6.44. The average Bonchev–Trinajstić information content (AvgIpc) is 3.11. The Morgan fingerprint density at radius 2 is 1.31 bits per heavy atom. The van der Waals surface area contributed by atoms with E-state index in [1.165, 1.54) is 24.3 Å². The number of ketones is 1. The molecule has 35 heavy (non-hydrogen) atoms. The fourth-order valence-corrected chi connectivity index (χ4v) is 4.38. The average molecular weight is 504 g/mol. The predicted molar refractivity (Wildman–Crippen MR) is 133 cm³/mol. The third kappa shape index (κ3) is 3.97. The second-order valence-corrected chi connectivity index (χ2v) is 8.62. The van der Waals surface area contributed by atoms with Crippen LogP contribution in [0.4, 0.5) is 5.69 Å². The lowest BCUT2D eigenvalue weighted by atomic mass is 10.0. The zero-order chi connectivity index (χ0) is 24.7. The molecule has 1 aliphatic rings. The first-order chi connectivity index (χ1) is 16.9. The predicted octanol–water partition coefficient (Wildman–Crippen LogP) is 5.99. The van der Waals surface area contributed by atoms with Crippen molar-refractivity contribution in [3.8, 4) is 0 Å². The Balaban J connectivity index is 1.41. The normalized spacial score (nSPS) is 12.7. The van der Waals surface area contributed by atoms with Gasteiger partial charge in [0.15, 0.2) is 6.61 Å². The van der Waals surface area contributed by atoms with Gasteiger partial charge in [0.25, 0.3) is 11.8 Å². The number of carbonyl (C=O) groups is 4. The maximum absolute atomic E-state index is 13.0. The minimum Gasteiger partial charge on any atom is -0.454 e. The number of ether oxygens (including phenoxy) is 1. The number of imide groups is 1. The van der Waals surface area contributed by atoms with Crippen molar-refractivity contribution < 1.29 is 23.9 Å². The van der Waals surface area contributed by atoms with Gasteiger partial charge in [0, 0.05) is 5.56 Å². The zero-order valence-corrected chi connectivity index (χ0v) is 19.5. The Morgan fingerprint density at radius 1 is 0.743 bits per heavy atom. The number of anilines is 1. The van der Waals surface area contributed by atoms with Gasteiger partial charge in [-0.25, -0.2) is 9.69 Å². The van der Waals surface area contributed by atoms with E-state index in [1.54, 1.807) is 24.3 Å². The van der Waals surface area contributed by atoms with Crippen molar-refractivity contribution in [1.82, 2.24) is 0 Å². The Bertz CT molecular complexity index is 1520. The quantitative estimate of drug-likeness (QED) is 0.190. The third-order valence-electron chi connectivity index (χ3n) is 5.72. The molecule has 0 saturated heterocycles. The highest BCUT2D eigenvalue weighted by Gasteiger charge is 2.39. The minimum atomic E-state index is -0.846. The highest BCUT2D eigenvalue weighted by molar-refractivity contribution is 6.44. The van der Waals surface area contributed by atoms with Crippen LogP contribution in [0.3, 0.4) is 0 Å². The van der Waals surface area contributed by atoms with Crippen molar-refractivity contribution in [2.24, 2.45) is 0 Å². The summed E-state index contributed by atoms with van der Waals surface area (Å²) in [7, 11) is 0. The summed E-state index contributed by atoms with van der Waals surface area (Å²) in [6.45, 7) is -0.505. The molecule has 2 amide bonds. The number of Topliss-reactive ketones (excluding diaryl/α,β-unsaturated/α-hetero) is 1.